The second-order valence-electron chi connectivity index (χ2n) is 5.98. The lowest BCUT2D eigenvalue weighted by Gasteiger charge is -2.21. The van der Waals surface area contributed by atoms with Crippen LogP contribution >= 0.6 is 11.6 Å². The fourth-order valence-corrected chi connectivity index (χ4v) is 2.13. The summed E-state index contributed by atoms with van der Waals surface area (Å²) in [7, 11) is 0. The monoisotopic (exact) mass is 282 g/mol. The molecule has 0 amide bonds. The van der Waals surface area contributed by atoms with Crippen molar-refractivity contribution in [2.45, 2.75) is 58.8 Å². The first-order chi connectivity index (χ1) is 8.77. The Labute approximate surface area is 120 Å². The summed E-state index contributed by atoms with van der Waals surface area (Å²) in [6, 6.07) is 3.51. The molecule has 3 heteroatoms. The van der Waals surface area contributed by atoms with E-state index in [1.54, 1.807) is 12.1 Å². The number of benzene rings is 1. The van der Waals surface area contributed by atoms with Gasteiger partial charge in [0.15, 0.2) is 5.78 Å². The van der Waals surface area contributed by atoms with Crippen LogP contribution in [0.4, 0.5) is 0 Å². The minimum atomic E-state index is -0.101. The van der Waals surface area contributed by atoms with E-state index in [0.29, 0.717) is 12.0 Å². The number of carbonyl (C=O) groups is 1. The van der Waals surface area contributed by atoms with Crippen LogP contribution in [0.25, 0.3) is 0 Å². The molecule has 0 saturated heterocycles. The molecule has 0 atom stereocenters. The second kappa shape index (κ2) is 6.42. The lowest BCUT2D eigenvalue weighted by Crippen LogP contribution is -2.12. The van der Waals surface area contributed by atoms with Crippen molar-refractivity contribution in [3.8, 4) is 5.75 Å². The van der Waals surface area contributed by atoms with Gasteiger partial charge in [0.25, 0.3) is 0 Å². The van der Waals surface area contributed by atoms with Crippen molar-refractivity contribution in [1.29, 1.82) is 0 Å². The molecular weight excluding hydrogens is 260 g/mol. The van der Waals surface area contributed by atoms with Gasteiger partial charge in [0.05, 0.1) is 10.6 Å². The fourth-order valence-electron chi connectivity index (χ4n) is 1.91. The van der Waals surface area contributed by atoms with E-state index in [1.807, 2.05) is 0 Å². The molecule has 1 aromatic carbocycles. The van der Waals surface area contributed by atoms with Crippen LogP contribution in [0.15, 0.2) is 12.1 Å². The molecule has 0 aliphatic heterocycles. The molecule has 0 aliphatic rings. The zero-order valence-corrected chi connectivity index (χ0v) is 13.0. The Bertz CT molecular complexity index is 459. The maximum Gasteiger partial charge on any atom is 0.166 e. The fraction of sp³-hybridized carbons (Fsp3) is 0.562. The molecule has 1 rings (SSSR count). The second-order valence-corrected chi connectivity index (χ2v) is 6.39. The third-order valence-corrected chi connectivity index (χ3v) is 3.53. The van der Waals surface area contributed by atoms with Crippen molar-refractivity contribution in [2.24, 2.45) is 0 Å². The first-order valence-electron chi connectivity index (χ1n) is 6.83. The number of phenols is 1. The van der Waals surface area contributed by atoms with Gasteiger partial charge >= 0.3 is 0 Å². The third-order valence-electron chi connectivity index (χ3n) is 3.24. The standard InChI is InChI=1S/C16H23ClO2/c1-5-6-7-8-14(18)12-9-11(16(2,3)4)10-13(17)15(12)19/h9-10,19H,5-8H2,1-4H3. The zero-order chi connectivity index (χ0) is 14.6. The van der Waals surface area contributed by atoms with E-state index in [9.17, 15) is 9.90 Å². The van der Waals surface area contributed by atoms with Gasteiger partial charge in [0.2, 0.25) is 0 Å². The van der Waals surface area contributed by atoms with Crippen LogP contribution in [-0.2, 0) is 5.41 Å². The lowest BCUT2D eigenvalue weighted by atomic mass is 9.85. The summed E-state index contributed by atoms with van der Waals surface area (Å²) < 4.78 is 0. The van der Waals surface area contributed by atoms with Crippen molar-refractivity contribution in [3.63, 3.8) is 0 Å². The molecule has 0 aromatic heterocycles. The zero-order valence-electron chi connectivity index (χ0n) is 12.2. The number of carbonyl (C=O) groups excluding carboxylic acids is 1. The lowest BCUT2D eigenvalue weighted by molar-refractivity contribution is 0.0976. The van der Waals surface area contributed by atoms with Gasteiger partial charge < -0.3 is 5.11 Å². The SMILES string of the molecule is CCCCCC(=O)c1cc(C(C)(C)C)cc(Cl)c1O. The largest absolute Gasteiger partial charge is 0.506 e. The van der Waals surface area contributed by atoms with E-state index >= 15 is 0 Å². The maximum absolute atomic E-state index is 12.2. The van der Waals surface area contributed by atoms with Gasteiger partial charge in [-0.15, -0.1) is 0 Å². The number of halogens is 1. The normalized spacial score (nSPS) is 11.6. The van der Waals surface area contributed by atoms with E-state index in [0.717, 1.165) is 24.8 Å². The topological polar surface area (TPSA) is 37.3 Å². The van der Waals surface area contributed by atoms with Gasteiger partial charge in [-0.25, -0.2) is 0 Å². The summed E-state index contributed by atoms with van der Waals surface area (Å²) in [6.07, 6.45) is 3.42. The van der Waals surface area contributed by atoms with E-state index in [1.165, 1.54) is 0 Å². The molecule has 0 radical (unpaired) electrons. The number of aromatic hydroxyl groups is 1. The van der Waals surface area contributed by atoms with Gasteiger partial charge in [-0.05, 0) is 29.5 Å². The molecule has 1 aromatic rings. The Kier molecular flexibility index (Phi) is 5.42. The quantitative estimate of drug-likeness (QED) is 0.602. The first kappa shape index (κ1) is 16.0. The van der Waals surface area contributed by atoms with Crippen LogP contribution in [0.2, 0.25) is 5.02 Å². The molecule has 106 valence electrons. The minimum absolute atomic E-state index is 0.0287. The van der Waals surface area contributed by atoms with Gasteiger partial charge in [-0.2, -0.15) is 0 Å². The Balaban J connectivity index is 3.06. The van der Waals surface area contributed by atoms with Crippen LogP contribution < -0.4 is 0 Å². The van der Waals surface area contributed by atoms with Gasteiger partial charge in [0.1, 0.15) is 5.75 Å². The highest BCUT2D eigenvalue weighted by molar-refractivity contribution is 6.32. The molecule has 0 unspecified atom stereocenters. The highest BCUT2D eigenvalue weighted by Gasteiger charge is 2.21. The molecule has 2 nitrogen and oxygen atoms in total. The summed E-state index contributed by atoms with van der Waals surface area (Å²) in [5.41, 5.74) is 1.22. The average Bonchev–Trinajstić information content (AvgIpc) is 2.31. The Morgan fingerprint density at radius 3 is 2.42 bits per heavy atom. The summed E-state index contributed by atoms with van der Waals surface area (Å²) in [5, 5.41) is 10.2. The van der Waals surface area contributed by atoms with Crippen LogP contribution in [0.3, 0.4) is 0 Å². The number of hydrogen-bond donors (Lipinski definition) is 1. The Morgan fingerprint density at radius 1 is 1.26 bits per heavy atom. The number of ketones is 1. The molecule has 1 N–H and O–H groups in total. The summed E-state index contributed by atoms with van der Waals surface area (Å²) >= 11 is 6.03. The molecule has 0 heterocycles. The van der Waals surface area contributed by atoms with Crippen molar-refractivity contribution >= 4 is 17.4 Å². The summed E-state index contributed by atoms with van der Waals surface area (Å²) in [6.45, 7) is 8.27. The van der Waals surface area contributed by atoms with Crippen LogP contribution in [0, 0.1) is 0 Å². The molecule has 0 bridgehead atoms. The van der Waals surface area contributed by atoms with Crippen molar-refractivity contribution in [1.82, 2.24) is 0 Å². The number of hydrogen-bond acceptors (Lipinski definition) is 2. The number of rotatable bonds is 5. The predicted molar refractivity (Wildman–Crippen MR) is 80.3 cm³/mol. The predicted octanol–water partition coefficient (Wildman–Crippen LogP) is 5.11. The van der Waals surface area contributed by atoms with E-state index in [4.69, 9.17) is 11.6 Å². The molecule has 0 saturated carbocycles. The van der Waals surface area contributed by atoms with Gasteiger partial charge in [-0.3, -0.25) is 4.79 Å². The summed E-state index contributed by atoms with van der Waals surface area (Å²) in [4.78, 5) is 12.2. The third kappa shape index (κ3) is 4.24. The number of phenolic OH excluding ortho intramolecular Hbond substituents is 1. The van der Waals surface area contributed by atoms with Crippen molar-refractivity contribution < 1.29 is 9.90 Å². The smallest absolute Gasteiger partial charge is 0.166 e. The van der Waals surface area contributed by atoms with E-state index < -0.39 is 0 Å². The van der Waals surface area contributed by atoms with Crippen LogP contribution in [-0.4, -0.2) is 10.9 Å². The molecule has 0 spiro atoms. The van der Waals surface area contributed by atoms with Crippen molar-refractivity contribution in [2.75, 3.05) is 0 Å². The minimum Gasteiger partial charge on any atom is -0.506 e. The number of unbranched alkanes of at least 4 members (excludes halogenated alkanes) is 2. The highest BCUT2D eigenvalue weighted by atomic mass is 35.5. The summed E-state index contributed by atoms with van der Waals surface area (Å²) in [5.74, 6) is -0.116. The Morgan fingerprint density at radius 2 is 1.89 bits per heavy atom. The molecule has 0 fully saturated rings. The molecule has 19 heavy (non-hydrogen) atoms. The number of Topliss-reactive ketones (excluding diaryl/α,β-unsaturated/α-hetero) is 1. The molecular formula is C16H23ClO2. The Hall–Kier alpha value is -1.02. The maximum atomic E-state index is 12.2. The van der Waals surface area contributed by atoms with Gasteiger partial charge in [0, 0.05) is 6.42 Å². The van der Waals surface area contributed by atoms with Crippen molar-refractivity contribution in [3.05, 3.63) is 28.3 Å². The van der Waals surface area contributed by atoms with E-state index in [2.05, 4.69) is 27.7 Å². The highest BCUT2D eigenvalue weighted by Crippen LogP contribution is 2.34. The molecule has 0 aliphatic carbocycles. The van der Waals surface area contributed by atoms with E-state index in [-0.39, 0.29) is 22.0 Å². The van der Waals surface area contributed by atoms with Gasteiger partial charge in [-0.1, -0.05) is 52.1 Å². The van der Waals surface area contributed by atoms with Crippen LogP contribution in [0.5, 0.6) is 5.75 Å². The average molecular weight is 283 g/mol. The first-order valence-corrected chi connectivity index (χ1v) is 7.21. The van der Waals surface area contributed by atoms with Crippen LogP contribution in [0.1, 0.15) is 69.3 Å².